The quantitative estimate of drug-likeness (QED) is 0.638. The molecule has 2 N–H and O–H groups in total. The lowest BCUT2D eigenvalue weighted by Crippen LogP contribution is -2.17. The van der Waals surface area contributed by atoms with Gasteiger partial charge in [-0.3, -0.25) is 4.57 Å². The SMILES string of the molecule is COc1ccc(CCOCC2CCC(n3cnc4c(N)ncnc43)O2)cc1. The van der Waals surface area contributed by atoms with E-state index in [4.69, 9.17) is 19.9 Å². The minimum atomic E-state index is -0.0977. The zero-order chi connectivity index (χ0) is 18.6. The third kappa shape index (κ3) is 3.86. The molecule has 2 unspecified atom stereocenters. The Hall–Kier alpha value is -2.71. The first kappa shape index (κ1) is 17.7. The van der Waals surface area contributed by atoms with Crippen LogP contribution in [0.1, 0.15) is 24.6 Å². The molecule has 1 aliphatic heterocycles. The van der Waals surface area contributed by atoms with Crippen molar-refractivity contribution in [3.8, 4) is 5.75 Å². The van der Waals surface area contributed by atoms with Crippen LogP contribution in [0.25, 0.3) is 11.2 Å². The topological polar surface area (TPSA) is 97.3 Å². The van der Waals surface area contributed by atoms with Gasteiger partial charge >= 0.3 is 0 Å². The molecule has 1 saturated heterocycles. The lowest BCUT2D eigenvalue weighted by atomic mass is 10.1. The van der Waals surface area contributed by atoms with Crippen LogP contribution < -0.4 is 10.5 Å². The number of hydrogen-bond acceptors (Lipinski definition) is 7. The summed E-state index contributed by atoms with van der Waals surface area (Å²) in [7, 11) is 1.67. The lowest BCUT2D eigenvalue weighted by molar-refractivity contribution is -0.0393. The minimum Gasteiger partial charge on any atom is -0.497 e. The van der Waals surface area contributed by atoms with Gasteiger partial charge in [0.05, 0.1) is 32.8 Å². The summed E-state index contributed by atoms with van der Waals surface area (Å²) in [5, 5.41) is 0. The Morgan fingerprint density at radius 1 is 1.19 bits per heavy atom. The third-order valence-corrected chi connectivity index (χ3v) is 4.78. The van der Waals surface area contributed by atoms with Crippen LogP contribution in [0.4, 0.5) is 5.82 Å². The molecule has 1 aromatic carbocycles. The van der Waals surface area contributed by atoms with Gasteiger partial charge in [0, 0.05) is 0 Å². The van der Waals surface area contributed by atoms with Crippen molar-refractivity contribution >= 4 is 17.0 Å². The number of imidazole rings is 1. The molecule has 0 amide bonds. The van der Waals surface area contributed by atoms with Gasteiger partial charge in [0.1, 0.15) is 23.8 Å². The monoisotopic (exact) mass is 369 g/mol. The summed E-state index contributed by atoms with van der Waals surface area (Å²) in [6, 6.07) is 8.04. The summed E-state index contributed by atoms with van der Waals surface area (Å²) in [5.41, 5.74) is 8.38. The van der Waals surface area contributed by atoms with E-state index in [1.165, 1.54) is 11.9 Å². The number of nitrogens with two attached hydrogens (primary N) is 1. The van der Waals surface area contributed by atoms with E-state index in [1.54, 1.807) is 13.4 Å². The molecular weight excluding hydrogens is 346 g/mol. The number of fused-ring (bicyclic) bond motifs is 1. The first-order valence-corrected chi connectivity index (χ1v) is 9.03. The van der Waals surface area contributed by atoms with Gasteiger partial charge in [0.25, 0.3) is 0 Å². The largest absolute Gasteiger partial charge is 0.497 e. The van der Waals surface area contributed by atoms with Crippen molar-refractivity contribution in [2.45, 2.75) is 31.6 Å². The van der Waals surface area contributed by atoms with Crippen LogP contribution in [0.5, 0.6) is 5.75 Å². The van der Waals surface area contributed by atoms with Crippen LogP contribution in [0.15, 0.2) is 36.9 Å². The Labute approximate surface area is 157 Å². The number of ether oxygens (including phenoxy) is 3. The van der Waals surface area contributed by atoms with E-state index in [9.17, 15) is 0 Å². The second-order valence-electron chi connectivity index (χ2n) is 6.55. The average molecular weight is 369 g/mol. The average Bonchev–Trinajstić information content (AvgIpc) is 3.33. The fourth-order valence-corrected chi connectivity index (χ4v) is 3.29. The molecular formula is C19H23N5O3. The van der Waals surface area contributed by atoms with Crippen LogP contribution >= 0.6 is 0 Å². The number of anilines is 1. The summed E-state index contributed by atoms with van der Waals surface area (Å²) in [4.78, 5) is 12.6. The Morgan fingerprint density at radius 2 is 2.04 bits per heavy atom. The molecule has 27 heavy (non-hydrogen) atoms. The van der Waals surface area contributed by atoms with Crippen molar-refractivity contribution in [2.24, 2.45) is 0 Å². The molecule has 0 bridgehead atoms. The van der Waals surface area contributed by atoms with Crippen molar-refractivity contribution in [3.05, 3.63) is 42.5 Å². The summed E-state index contributed by atoms with van der Waals surface area (Å²) in [6.45, 7) is 1.24. The maximum atomic E-state index is 6.12. The van der Waals surface area contributed by atoms with E-state index in [2.05, 4.69) is 27.1 Å². The molecule has 3 heterocycles. The molecule has 3 aromatic rings. The molecule has 2 aromatic heterocycles. The van der Waals surface area contributed by atoms with Crippen LogP contribution in [0.3, 0.4) is 0 Å². The van der Waals surface area contributed by atoms with Gasteiger partial charge in [0.2, 0.25) is 0 Å². The molecule has 8 nitrogen and oxygen atoms in total. The molecule has 0 saturated carbocycles. The molecule has 0 radical (unpaired) electrons. The predicted molar refractivity (Wildman–Crippen MR) is 100 cm³/mol. The molecule has 1 aliphatic rings. The van der Waals surface area contributed by atoms with E-state index < -0.39 is 0 Å². The maximum Gasteiger partial charge on any atom is 0.167 e. The third-order valence-electron chi connectivity index (χ3n) is 4.78. The first-order chi connectivity index (χ1) is 13.2. The highest BCUT2D eigenvalue weighted by molar-refractivity contribution is 5.81. The molecule has 2 atom stereocenters. The van der Waals surface area contributed by atoms with E-state index in [-0.39, 0.29) is 12.3 Å². The molecule has 4 rings (SSSR count). The normalized spacial score (nSPS) is 19.6. The highest BCUT2D eigenvalue weighted by Gasteiger charge is 2.28. The number of aromatic nitrogens is 4. The molecule has 8 heteroatoms. The van der Waals surface area contributed by atoms with E-state index in [1.807, 2.05) is 16.7 Å². The lowest BCUT2D eigenvalue weighted by Gasteiger charge is -2.15. The number of hydrogen-bond donors (Lipinski definition) is 1. The fraction of sp³-hybridized carbons (Fsp3) is 0.421. The van der Waals surface area contributed by atoms with Crippen molar-refractivity contribution < 1.29 is 14.2 Å². The number of methoxy groups -OCH3 is 1. The standard InChI is InChI=1S/C19H23N5O3/c1-25-14-4-2-13(3-5-14)8-9-26-10-15-6-7-16(27-15)24-12-23-17-18(20)21-11-22-19(17)24/h2-5,11-12,15-16H,6-10H2,1H3,(H2,20,21,22). The van der Waals surface area contributed by atoms with E-state index in [0.29, 0.717) is 30.2 Å². The Kier molecular flexibility index (Phi) is 5.17. The van der Waals surface area contributed by atoms with Gasteiger partial charge in [-0.1, -0.05) is 12.1 Å². The van der Waals surface area contributed by atoms with Crippen LogP contribution in [0.2, 0.25) is 0 Å². The molecule has 142 valence electrons. The number of rotatable bonds is 7. The molecule has 1 fully saturated rings. The Morgan fingerprint density at radius 3 is 2.85 bits per heavy atom. The number of nitrogens with zero attached hydrogens (tertiary/aromatic N) is 4. The second kappa shape index (κ2) is 7.89. The second-order valence-corrected chi connectivity index (χ2v) is 6.55. The fourth-order valence-electron chi connectivity index (χ4n) is 3.29. The zero-order valence-electron chi connectivity index (χ0n) is 15.2. The zero-order valence-corrected chi connectivity index (χ0v) is 15.2. The number of benzene rings is 1. The van der Waals surface area contributed by atoms with Crippen LogP contribution in [-0.4, -0.2) is 45.9 Å². The van der Waals surface area contributed by atoms with Gasteiger partial charge < -0.3 is 19.9 Å². The smallest absolute Gasteiger partial charge is 0.167 e. The van der Waals surface area contributed by atoms with Gasteiger partial charge in [-0.15, -0.1) is 0 Å². The van der Waals surface area contributed by atoms with Gasteiger partial charge in [0.15, 0.2) is 11.5 Å². The van der Waals surface area contributed by atoms with Gasteiger partial charge in [-0.05, 0) is 37.0 Å². The van der Waals surface area contributed by atoms with Crippen molar-refractivity contribution in [2.75, 3.05) is 26.1 Å². The first-order valence-electron chi connectivity index (χ1n) is 9.03. The Bertz CT molecular complexity index is 896. The van der Waals surface area contributed by atoms with Gasteiger partial charge in [-0.2, -0.15) is 0 Å². The number of nitrogen functional groups attached to an aromatic ring is 1. The molecule has 0 spiro atoms. The highest BCUT2D eigenvalue weighted by atomic mass is 16.5. The molecule has 0 aliphatic carbocycles. The minimum absolute atomic E-state index is 0.0718. The highest BCUT2D eigenvalue weighted by Crippen LogP contribution is 2.31. The Balaban J connectivity index is 1.26. The van der Waals surface area contributed by atoms with Gasteiger partial charge in [-0.25, -0.2) is 15.0 Å². The summed E-state index contributed by atoms with van der Waals surface area (Å²) in [5.74, 6) is 1.25. The van der Waals surface area contributed by atoms with Crippen LogP contribution in [-0.2, 0) is 15.9 Å². The summed E-state index contributed by atoms with van der Waals surface area (Å²) >= 11 is 0. The summed E-state index contributed by atoms with van der Waals surface area (Å²) in [6.07, 6.45) is 5.83. The predicted octanol–water partition coefficient (Wildman–Crippen LogP) is 2.35. The maximum absolute atomic E-state index is 6.12. The van der Waals surface area contributed by atoms with E-state index >= 15 is 0 Å². The summed E-state index contributed by atoms with van der Waals surface area (Å²) < 4.78 is 19.0. The van der Waals surface area contributed by atoms with Crippen molar-refractivity contribution in [3.63, 3.8) is 0 Å². The van der Waals surface area contributed by atoms with Crippen molar-refractivity contribution in [1.29, 1.82) is 0 Å². The van der Waals surface area contributed by atoms with Crippen LogP contribution in [0, 0.1) is 0 Å². The van der Waals surface area contributed by atoms with Crippen molar-refractivity contribution in [1.82, 2.24) is 19.5 Å². The van der Waals surface area contributed by atoms with E-state index in [0.717, 1.165) is 25.0 Å².